The minimum absolute atomic E-state index is 0.405. The summed E-state index contributed by atoms with van der Waals surface area (Å²) in [5.41, 5.74) is 0. The maximum Gasteiger partial charge on any atom is 0.172 e. The topological polar surface area (TPSA) is 41.4 Å². The number of aliphatic imine (C=N–C) groups is 1. The molecule has 0 aromatic carbocycles. The van der Waals surface area contributed by atoms with Crippen molar-refractivity contribution < 1.29 is 0 Å². The second-order valence-corrected chi connectivity index (χ2v) is 2.81. The lowest BCUT2D eigenvalue weighted by Gasteiger charge is -2.18. The largest absolute Gasteiger partial charge is 0.324 e. The molecule has 1 aliphatic heterocycles. The molecule has 1 aliphatic rings. The average Bonchev–Trinajstić information content (AvgIpc) is 2.20. The van der Waals surface area contributed by atoms with Crippen molar-refractivity contribution in [2.45, 2.75) is 0 Å². The molecule has 4 nitrogen and oxygen atoms in total. The summed E-state index contributed by atoms with van der Waals surface area (Å²) in [7, 11) is 0. The Hall–Kier alpha value is -1.42. The molecule has 2 rings (SSSR count). The maximum absolute atomic E-state index is 5.86. The molecule has 5 heteroatoms. The van der Waals surface area contributed by atoms with Crippen LogP contribution in [0.25, 0.3) is 0 Å². The first-order valence-corrected chi connectivity index (χ1v) is 4.17. The van der Waals surface area contributed by atoms with Crippen LogP contribution in [0.3, 0.4) is 0 Å². The second-order valence-electron chi connectivity index (χ2n) is 2.45. The molecule has 0 N–H and O–H groups in total. The first-order valence-electron chi connectivity index (χ1n) is 3.79. The van der Waals surface area contributed by atoms with Gasteiger partial charge in [0.2, 0.25) is 0 Å². The van der Waals surface area contributed by atoms with E-state index in [1.54, 1.807) is 24.8 Å². The lowest BCUT2D eigenvalue weighted by Crippen LogP contribution is -2.21. The van der Waals surface area contributed by atoms with Gasteiger partial charge in [-0.3, -0.25) is 4.99 Å². The van der Waals surface area contributed by atoms with E-state index >= 15 is 0 Å². The van der Waals surface area contributed by atoms with E-state index in [-0.39, 0.29) is 0 Å². The molecule has 0 radical (unpaired) electrons. The Kier molecular flexibility index (Phi) is 2.23. The number of rotatable bonds is 1. The van der Waals surface area contributed by atoms with E-state index in [2.05, 4.69) is 15.0 Å². The van der Waals surface area contributed by atoms with Crippen LogP contribution in [0.1, 0.15) is 0 Å². The highest BCUT2D eigenvalue weighted by molar-refractivity contribution is 6.31. The Labute approximate surface area is 80.6 Å². The van der Waals surface area contributed by atoms with Crippen molar-refractivity contribution in [2.24, 2.45) is 4.99 Å². The summed E-state index contributed by atoms with van der Waals surface area (Å²) in [6.07, 6.45) is 8.46. The van der Waals surface area contributed by atoms with Gasteiger partial charge in [-0.2, -0.15) is 0 Å². The molecule has 1 aromatic rings. The number of hydrogen-bond acceptors (Lipinski definition) is 4. The lowest BCUT2D eigenvalue weighted by atomic mass is 10.5. The normalized spacial score (nSPS) is 15.0. The standard InChI is InChI=1S/C8H7ClN4/c9-7-8(12-2-1-11-7)13-5-3-10-4-6-13/h1-5H,6H2. The van der Waals surface area contributed by atoms with Gasteiger partial charge in [0, 0.05) is 31.0 Å². The van der Waals surface area contributed by atoms with Crippen molar-refractivity contribution in [2.75, 3.05) is 11.4 Å². The fourth-order valence-corrected chi connectivity index (χ4v) is 1.25. The van der Waals surface area contributed by atoms with E-state index in [0.29, 0.717) is 17.5 Å². The van der Waals surface area contributed by atoms with Gasteiger partial charge in [0.25, 0.3) is 0 Å². The van der Waals surface area contributed by atoms with Gasteiger partial charge in [-0.15, -0.1) is 0 Å². The molecule has 0 bridgehead atoms. The van der Waals surface area contributed by atoms with Crippen LogP contribution in [-0.4, -0.2) is 22.7 Å². The van der Waals surface area contributed by atoms with Gasteiger partial charge in [-0.25, -0.2) is 9.97 Å². The first kappa shape index (κ1) is 8.19. The van der Waals surface area contributed by atoms with Crippen LogP contribution in [0.4, 0.5) is 5.82 Å². The molecule has 66 valence electrons. The molecule has 0 aliphatic carbocycles. The molecule has 0 atom stereocenters. The molecule has 0 fully saturated rings. The lowest BCUT2D eigenvalue weighted by molar-refractivity contribution is 1.03. The van der Waals surface area contributed by atoms with Crippen LogP contribution < -0.4 is 4.90 Å². The van der Waals surface area contributed by atoms with Crippen molar-refractivity contribution in [3.8, 4) is 0 Å². The van der Waals surface area contributed by atoms with Gasteiger partial charge in [0.05, 0.1) is 6.54 Å². The zero-order chi connectivity index (χ0) is 9.10. The number of halogens is 1. The summed E-state index contributed by atoms with van der Waals surface area (Å²) >= 11 is 5.86. The van der Waals surface area contributed by atoms with Crippen molar-refractivity contribution >= 4 is 23.6 Å². The van der Waals surface area contributed by atoms with Crippen molar-refractivity contribution in [1.82, 2.24) is 9.97 Å². The third kappa shape index (κ3) is 1.67. The van der Waals surface area contributed by atoms with Gasteiger partial charge in [-0.1, -0.05) is 11.6 Å². The van der Waals surface area contributed by atoms with Crippen LogP contribution in [0.2, 0.25) is 5.15 Å². The van der Waals surface area contributed by atoms with Gasteiger partial charge in [-0.05, 0) is 0 Å². The summed E-state index contributed by atoms with van der Waals surface area (Å²) < 4.78 is 0. The van der Waals surface area contributed by atoms with E-state index in [9.17, 15) is 0 Å². The summed E-state index contributed by atoms with van der Waals surface area (Å²) in [5, 5.41) is 0.405. The van der Waals surface area contributed by atoms with Crippen LogP contribution in [-0.2, 0) is 0 Å². The zero-order valence-corrected chi connectivity index (χ0v) is 7.52. The Balaban J connectivity index is 2.30. The highest BCUT2D eigenvalue weighted by Crippen LogP contribution is 2.20. The van der Waals surface area contributed by atoms with Crippen molar-refractivity contribution in [3.63, 3.8) is 0 Å². The van der Waals surface area contributed by atoms with Gasteiger partial charge in [0.15, 0.2) is 11.0 Å². The molecule has 2 heterocycles. The van der Waals surface area contributed by atoms with E-state index in [4.69, 9.17) is 11.6 Å². The SMILES string of the molecule is Clc1nccnc1N1C=CN=CC1. The number of nitrogens with zero attached hydrogens (tertiary/aromatic N) is 4. The highest BCUT2D eigenvalue weighted by Gasteiger charge is 2.09. The van der Waals surface area contributed by atoms with Crippen LogP contribution in [0.15, 0.2) is 29.8 Å². The molecule has 0 unspecified atom stereocenters. The van der Waals surface area contributed by atoms with Crippen LogP contribution in [0, 0.1) is 0 Å². The Morgan fingerprint density at radius 1 is 1.31 bits per heavy atom. The number of aromatic nitrogens is 2. The zero-order valence-electron chi connectivity index (χ0n) is 6.76. The quantitative estimate of drug-likeness (QED) is 0.680. The molecular weight excluding hydrogens is 188 g/mol. The Morgan fingerprint density at radius 3 is 2.85 bits per heavy atom. The monoisotopic (exact) mass is 194 g/mol. The minimum Gasteiger partial charge on any atom is -0.324 e. The third-order valence-electron chi connectivity index (χ3n) is 1.62. The van der Waals surface area contributed by atoms with Gasteiger partial charge >= 0.3 is 0 Å². The predicted octanol–water partition coefficient (Wildman–Crippen LogP) is 1.49. The maximum atomic E-state index is 5.86. The van der Waals surface area contributed by atoms with E-state index < -0.39 is 0 Å². The predicted molar refractivity (Wildman–Crippen MR) is 52.0 cm³/mol. The third-order valence-corrected chi connectivity index (χ3v) is 1.89. The van der Waals surface area contributed by atoms with Crippen molar-refractivity contribution in [3.05, 3.63) is 29.9 Å². The first-order chi connectivity index (χ1) is 6.38. The molecular formula is C8H7ClN4. The van der Waals surface area contributed by atoms with Crippen molar-refractivity contribution in [1.29, 1.82) is 0 Å². The summed E-state index contributed by atoms with van der Waals surface area (Å²) in [6, 6.07) is 0. The van der Waals surface area contributed by atoms with E-state index in [1.165, 1.54) is 0 Å². The smallest absolute Gasteiger partial charge is 0.172 e. The highest BCUT2D eigenvalue weighted by atomic mass is 35.5. The summed E-state index contributed by atoms with van der Waals surface area (Å²) in [5.74, 6) is 0.659. The average molecular weight is 195 g/mol. The minimum atomic E-state index is 0.405. The second kappa shape index (κ2) is 3.53. The molecule has 1 aromatic heterocycles. The molecule has 0 amide bonds. The summed E-state index contributed by atoms with van der Waals surface area (Å²) in [4.78, 5) is 13.9. The fraction of sp³-hybridized carbons (Fsp3) is 0.125. The number of anilines is 1. The van der Waals surface area contributed by atoms with Crippen LogP contribution in [0.5, 0.6) is 0 Å². The Morgan fingerprint density at radius 2 is 2.15 bits per heavy atom. The molecule has 13 heavy (non-hydrogen) atoms. The fourth-order valence-electron chi connectivity index (χ4n) is 1.04. The van der Waals surface area contributed by atoms with Gasteiger partial charge in [0.1, 0.15) is 0 Å². The van der Waals surface area contributed by atoms with Crippen LogP contribution >= 0.6 is 11.6 Å². The van der Waals surface area contributed by atoms with Gasteiger partial charge < -0.3 is 4.90 Å². The Bertz CT molecular complexity index is 361. The van der Waals surface area contributed by atoms with E-state index in [0.717, 1.165) is 0 Å². The molecule has 0 saturated carbocycles. The number of hydrogen-bond donors (Lipinski definition) is 0. The summed E-state index contributed by atoms with van der Waals surface area (Å²) in [6.45, 7) is 0.676. The molecule has 0 saturated heterocycles. The molecule has 0 spiro atoms. The van der Waals surface area contributed by atoms with E-state index in [1.807, 2.05) is 11.1 Å².